The predicted octanol–water partition coefficient (Wildman–Crippen LogP) is 3.46. The van der Waals surface area contributed by atoms with Crippen LogP contribution in [0.4, 0.5) is 5.69 Å². The van der Waals surface area contributed by atoms with Crippen LogP contribution in [0.2, 0.25) is 0 Å². The van der Waals surface area contributed by atoms with Gasteiger partial charge >= 0.3 is 5.69 Å². The minimum absolute atomic E-state index is 0.0892. The van der Waals surface area contributed by atoms with Gasteiger partial charge in [-0.25, -0.2) is 0 Å². The predicted molar refractivity (Wildman–Crippen MR) is 82.6 cm³/mol. The van der Waals surface area contributed by atoms with Gasteiger partial charge < -0.3 is 14.6 Å². The van der Waals surface area contributed by atoms with Gasteiger partial charge in [-0.15, -0.1) is 0 Å². The highest BCUT2D eigenvalue weighted by Crippen LogP contribution is 2.37. The molecule has 0 fully saturated rings. The molecular weight excluding hydrogens is 342 g/mol. The molecule has 0 radical (unpaired) electrons. The Morgan fingerprint density at radius 2 is 2.00 bits per heavy atom. The smallest absolute Gasteiger partial charge is 0.312 e. The van der Waals surface area contributed by atoms with Crippen LogP contribution in [-0.4, -0.2) is 29.9 Å². The molecule has 0 saturated heterocycles. The fraction of sp³-hybridized carbons (Fsp3) is 0.571. The first-order valence-electron chi connectivity index (χ1n) is 6.69. The molecule has 6 nitrogen and oxygen atoms in total. The van der Waals surface area contributed by atoms with E-state index in [4.69, 9.17) is 9.47 Å². The van der Waals surface area contributed by atoms with Crippen LogP contribution in [-0.2, 0) is 4.74 Å². The molecule has 0 aromatic heterocycles. The minimum atomic E-state index is -0.868. The second-order valence-corrected chi connectivity index (χ2v) is 6.01. The molecule has 0 spiro atoms. The van der Waals surface area contributed by atoms with E-state index in [-0.39, 0.29) is 18.0 Å². The molecule has 0 amide bonds. The Labute approximate surface area is 132 Å². The van der Waals surface area contributed by atoms with E-state index < -0.39 is 11.0 Å². The Morgan fingerprint density at radius 1 is 1.33 bits per heavy atom. The maximum absolute atomic E-state index is 11.1. The summed E-state index contributed by atoms with van der Waals surface area (Å²) in [7, 11) is 0. The largest absolute Gasteiger partial charge is 0.484 e. The number of hydrogen-bond acceptors (Lipinski definition) is 5. The van der Waals surface area contributed by atoms with Gasteiger partial charge in [-0.2, -0.15) is 0 Å². The number of nitro groups is 1. The lowest BCUT2D eigenvalue weighted by atomic mass is 10.1. The summed E-state index contributed by atoms with van der Waals surface area (Å²) in [4.78, 5) is 10.6. The standard InChI is InChI=1S/C14H20BrNO5/c1-9(2)8-20-4-5-21-14-12(10(3)17)6-11(15)7-13(14)16(18)19/h6-7,9-10,17H,4-5,8H2,1-3H3/t10-/m1/s1. The second-order valence-electron chi connectivity index (χ2n) is 5.09. The van der Waals surface area contributed by atoms with Crippen LogP contribution in [0.15, 0.2) is 16.6 Å². The van der Waals surface area contributed by atoms with Crippen LogP contribution in [0.3, 0.4) is 0 Å². The van der Waals surface area contributed by atoms with Crippen LogP contribution in [0.5, 0.6) is 5.75 Å². The molecule has 0 aliphatic rings. The van der Waals surface area contributed by atoms with Crippen LogP contribution in [0, 0.1) is 16.0 Å². The third-order valence-corrected chi connectivity index (χ3v) is 3.09. The zero-order valence-electron chi connectivity index (χ0n) is 12.3. The van der Waals surface area contributed by atoms with E-state index in [1.165, 1.54) is 13.0 Å². The highest BCUT2D eigenvalue weighted by atomic mass is 79.9. The van der Waals surface area contributed by atoms with Crippen molar-refractivity contribution in [1.29, 1.82) is 0 Å². The number of ether oxygens (including phenoxy) is 2. The van der Waals surface area contributed by atoms with Gasteiger partial charge in [0.2, 0.25) is 5.75 Å². The van der Waals surface area contributed by atoms with Crippen molar-refractivity contribution < 1.29 is 19.5 Å². The molecule has 0 bridgehead atoms. The average Bonchev–Trinajstić information content (AvgIpc) is 2.38. The molecule has 0 heterocycles. The van der Waals surface area contributed by atoms with Gasteiger partial charge in [-0.1, -0.05) is 29.8 Å². The van der Waals surface area contributed by atoms with E-state index in [1.807, 2.05) is 13.8 Å². The van der Waals surface area contributed by atoms with E-state index in [0.717, 1.165) is 0 Å². The van der Waals surface area contributed by atoms with Crippen LogP contribution >= 0.6 is 15.9 Å². The third kappa shape index (κ3) is 5.61. The van der Waals surface area contributed by atoms with Gasteiger partial charge in [-0.3, -0.25) is 10.1 Å². The fourth-order valence-corrected chi connectivity index (χ4v) is 2.19. The zero-order valence-corrected chi connectivity index (χ0v) is 13.9. The number of benzene rings is 1. The maximum atomic E-state index is 11.1. The minimum Gasteiger partial charge on any atom is -0.484 e. The Bertz CT molecular complexity index is 490. The fourth-order valence-electron chi connectivity index (χ4n) is 1.72. The highest BCUT2D eigenvalue weighted by Gasteiger charge is 2.23. The summed E-state index contributed by atoms with van der Waals surface area (Å²) in [5.74, 6) is 0.506. The lowest BCUT2D eigenvalue weighted by molar-refractivity contribution is -0.386. The first-order chi connectivity index (χ1) is 9.82. The van der Waals surface area contributed by atoms with Crippen molar-refractivity contribution >= 4 is 21.6 Å². The van der Waals surface area contributed by atoms with Crippen molar-refractivity contribution in [3.05, 3.63) is 32.3 Å². The molecule has 118 valence electrons. The summed E-state index contributed by atoms with van der Waals surface area (Å²) in [5.41, 5.74) is 0.198. The monoisotopic (exact) mass is 361 g/mol. The summed E-state index contributed by atoms with van der Waals surface area (Å²) in [6.45, 7) is 6.74. The molecule has 1 atom stereocenters. The van der Waals surface area contributed by atoms with Crippen molar-refractivity contribution in [1.82, 2.24) is 0 Å². The summed E-state index contributed by atoms with van der Waals surface area (Å²) in [6, 6.07) is 2.97. The van der Waals surface area contributed by atoms with Crippen molar-refractivity contribution in [2.75, 3.05) is 19.8 Å². The van der Waals surface area contributed by atoms with E-state index in [2.05, 4.69) is 15.9 Å². The average molecular weight is 362 g/mol. The van der Waals surface area contributed by atoms with Crippen molar-refractivity contribution in [3.8, 4) is 5.75 Å². The molecule has 0 saturated carbocycles. The Kier molecular flexibility index (Phi) is 7.07. The topological polar surface area (TPSA) is 81.8 Å². The van der Waals surface area contributed by atoms with E-state index in [1.54, 1.807) is 6.07 Å². The Hall–Kier alpha value is -1.18. The number of hydrogen-bond donors (Lipinski definition) is 1. The molecular formula is C14H20BrNO5. The van der Waals surface area contributed by atoms with Crippen molar-refractivity contribution in [2.45, 2.75) is 26.9 Å². The molecule has 0 unspecified atom stereocenters. The normalized spacial score (nSPS) is 12.5. The van der Waals surface area contributed by atoms with Gasteiger partial charge in [0.1, 0.15) is 6.61 Å². The molecule has 1 aromatic rings. The van der Waals surface area contributed by atoms with Crippen LogP contribution in [0.1, 0.15) is 32.4 Å². The summed E-state index contributed by atoms with van der Waals surface area (Å²) in [5, 5.41) is 20.9. The SMILES string of the molecule is CC(C)COCCOc1c([C@@H](C)O)cc(Br)cc1[N+](=O)[O-]. The van der Waals surface area contributed by atoms with Crippen LogP contribution < -0.4 is 4.74 Å². The van der Waals surface area contributed by atoms with Crippen molar-refractivity contribution in [3.63, 3.8) is 0 Å². The molecule has 1 rings (SSSR count). The lowest BCUT2D eigenvalue weighted by Gasteiger charge is -2.14. The molecule has 1 aromatic carbocycles. The van der Waals surface area contributed by atoms with Crippen molar-refractivity contribution in [2.24, 2.45) is 5.92 Å². The van der Waals surface area contributed by atoms with E-state index in [9.17, 15) is 15.2 Å². The van der Waals surface area contributed by atoms with Gasteiger partial charge in [-0.05, 0) is 18.9 Å². The Balaban J connectivity index is 2.85. The van der Waals surface area contributed by atoms with E-state index >= 15 is 0 Å². The van der Waals surface area contributed by atoms with Crippen LogP contribution in [0.25, 0.3) is 0 Å². The highest BCUT2D eigenvalue weighted by molar-refractivity contribution is 9.10. The number of nitrogens with zero attached hydrogens (tertiary/aromatic N) is 1. The second kappa shape index (κ2) is 8.31. The molecule has 21 heavy (non-hydrogen) atoms. The summed E-state index contributed by atoms with van der Waals surface area (Å²) >= 11 is 3.20. The first kappa shape index (κ1) is 17.9. The molecule has 0 aliphatic carbocycles. The number of aliphatic hydroxyl groups is 1. The maximum Gasteiger partial charge on any atom is 0.312 e. The summed E-state index contributed by atoms with van der Waals surface area (Å²) in [6.07, 6.45) is -0.868. The van der Waals surface area contributed by atoms with Gasteiger partial charge in [0.05, 0.1) is 17.6 Å². The number of nitro benzene ring substituents is 1. The van der Waals surface area contributed by atoms with Gasteiger partial charge in [0.25, 0.3) is 0 Å². The Morgan fingerprint density at radius 3 is 2.52 bits per heavy atom. The number of aliphatic hydroxyl groups excluding tert-OH is 1. The van der Waals surface area contributed by atoms with E-state index in [0.29, 0.717) is 29.2 Å². The quantitative estimate of drug-likeness (QED) is 0.435. The molecule has 0 aliphatic heterocycles. The lowest BCUT2D eigenvalue weighted by Crippen LogP contribution is -2.12. The number of rotatable bonds is 8. The summed E-state index contributed by atoms with van der Waals surface area (Å²) < 4.78 is 11.4. The molecule has 1 N–H and O–H groups in total. The zero-order chi connectivity index (χ0) is 16.0. The van der Waals surface area contributed by atoms with Gasteiger partial charge in [0.15, 0.2) is 0 Å². The first-order valence-corrected chi connectivity index (χ1v) is 7.48. The third-order valence-electron chi connectivity index (χ3n) is 2.63. The number of halogens is 1. The molecule has 7 heteroatoms. The van der Waals surface area contributed by atoms with Gasteiger partial charge in [0, 0.05) is 22.7 Å².